The SMILES string of the molecule is CCOC(=O)C(F)[C@@H](N)c1cccc(Oc2ccccc2)c1.Cl. The van der Waals surface area contributed by atoms with E-state index < -0.39 is 18.2 Å². The number of hydrogen-bond acceptors (Lipinski definition) is 4. The number of nitrogens with two attached hydrogens (primary N) is 1. The second-order valence-electron chi connectivity index (χ2n) is 4.67. The molecule has 6 heteroatoms. The lowest BCUT2D eigenvalue weighted by Crippen LogP contribution is -2.31. The summed E-state index contributed by atoms with van der Waals surface area (Å²) in [7, 11) is 0. The van der Waals surface area contributed by atoms with Crippen LogP contribution in [0.1, 0.15) is 18.5 Å². The van der Waals surface area contributed by atoms with Crippen molar-refractivity contribution in [1.29, 1.82) is 0 Å². The fraction of sp³-hybridized carbons (Fsp3) is 0.235. The molecule has 0 amide bonds. The van der Waals surface area contributed by atoms with Crippen molar-refractivity contribution in [2.75, 3.05) is 6.61 Å². The number of para-hydroxylation sites is 1. The average Bonchev–Trinajstić information content (AvgIpc) is 2.55. The second kappa shape index (κ2) is 9.12. The maximum absolute atomic E-state index is 14.0. The van der Waals surface area contributed by atoms with Gasteiger partial charge >= 0.3 is 5.97 Å². The van der Waals surface area contributed by atoms with Crippen molar-refractivity contribution in [1.82, 2.24) is 0 Å². The molecule has 0 aliphatic carbocycles. The molecule has 124 valence electrons. The van der Waals surface area contributed by atoms with Gasteiger partial charge in [0, 0.05) is 0 Å². The van der Waals surface area contributed by atoms with Crippen molar-refractivity contribution >= 4 is 18.4 Å². The van der Waals surface area contributed by atoms with Crippen molar-refractivity contribution < 1.29 is 18.7 Å². The van der Waals surface area contributed by atoms with Crippen LogP contribution in [0.3, 0.4) is 0 Å². The van der Waals surface area contributed by atoms with Crippen LogP contribution in [-0.4, -0.2) is 18.7 Å². The van der Waals surface area contributed by atoms with Gasteiger partial charge in [0.1, 0.15) is 11.5 Å². The summed E-state index contributed by atoms with van der Waals surface area (Å²) in [5.41, 5.74) is 6.27. The van der Waals surface area contributed by atoms with E-state index in [1.807, 2.05) is 30.3 Å². The van der Waals surface area contributed by atoms with Crippen molar-refractivity contribution in [3.8, 4) is 11.5 Å². The van der Waals surface area contributed by atoms with Gasteiger partial charge in [0.15, 0.2) is 0 Å². The number of carbonyl (C=O) groups is 1. The third kappa shape index (κ3) is 5.23. The molecule has 1 unspecified atom stereocenters. The maximum Gasteiger partial charge on any atom is 0.342 e. The zero-order chi connectivity index (χ0) is 15.9. The smallest absolute Gasteiger partial charge is 0.342 e. The maximum atomic E-state index is 14.0. The molecule has 0 fully saturated rings. The molecule has 2 rings (SSSR count). The van der Waals surface area contributed by atoms with Gasteiger partial charge in [-0.3, -0.25) is 0 Å². The first kappa shape index (κ1) is 18.9. The fourth-order valence-electron chi connectivity index (χ4n) is 1.95. The van der Waals surface area contributed by atoms with Gasteiger partial charge in [-0.05, 0) is 36.8 Å². The molecule has 2 aromatic rings. The minimum absolute atomic E-state index is 0. The highest BCUT2D eigenvalue weighted by Crippen LogP contribution is 2.26. The highest BCUT2D eigenvalue weighted by atomic mass is 35.5. The number of benzene rings is 2. The van der Waals surface area contributed by atoms with Gasteiger partial charge < -0.3 is 15.2 Å². The van der Waals surface area contributed by atoms with Crippen LogP contribution in [0.15, 0.2) is 54.6 Å². The summed E-state index contributed by atoms with van der Waals surface area (Å²) < 4.78 is 24.3. The minimum Gasteiger partial charge on any atom is -0.464 e. The summed E-state index contributed by atoms with van der Waals surface area (Å²) in [4.78, 5) is 11.4. The van der Waals surface area contributed by atoms with E-state index in [1.54, 1.807) is 31.2 Å². The average molecular weight is 340 g/mol. The number of alkyl halides is 1. The Morgan fingerprint density at radius 3 is 2.43 bits per heavy atom. The van der Waals surface area contributed by atoms with Gasteiger partial charge in [0.25, 0.3) is 0 Å². The van der Waals surface area contributed by atoms with E-state index in [0.29, 0.717) is 17.1 Å². The zero-order valence-electron chi connectivity index (χ0n) is 12.6. The normalized spacial score (nSPS) is 12.7. The Hall–Kier alpha value is -2.11. The molecule has 0 saturated heterocycles. The van der Waals surface area contributed by atoms with E-state index >= 15 is 0 Å². The zero-order valence-corrected chi connectivity index (χ0v) is 13.5. The van der Waals surface area contributed by atoms with Crippen LogP contribution in [0.4, 0.5) is 4.39 Å². The summed E-state index contributed by atoms with van der Waals surface area (Å²) in [5, 5.41) is 0. The summed E-state index contributed by atoms with van der Waals surface area (Å²) in [6.45, 7) is 1.73. The Labute approximate surface area is 140 Å². The van der Waals surface area contributed by atoms with Crippen LogP contribution in [0.25, 0.3) is 0 Å². The number of hydrogen-bond donors (Lipinski definition) is 1. The summed E-state index contributed by atoms with van der Waals surface area (Å²) >= 11 is 0. The number of halogens is 2. The van der Waals surface area contributed by atoms with Crippen LogP contribution in [-0.2, 0) is 9.53 Å². The lowest BCUT2D eigenvalue weighted by atomic mass is 10.0. The van der Waals surface area contributed by atoms with Crippen molar-refractivity contribution in [3.05, 3.63) is 60.2 Å². The largest absolute Gasteiger partial charge is 0.464 e. The summed E-state index contributed by atoms with van der Waals surface area (Å²) in [6.07, 6.45) is -1.91. The second-order valence-corrected chi connectivity index (χ2v) is 4.67. The number of rotatable bonds is 6. The highest BCUT2D eigenvalue weighted by molar-refractivity contribution is 5.85. The van der Waals surface area contributed by atoms with E-state index in [-0.39, 0.29) is 19.0 Å². The molecule has 4 nitrogen and oxygen atoms in total. The van der Waals surface area contributed by atoms with Crippen molar-refractivity contribution in [3.63, 3.8) is 0 Å². The first-order valence-electron chi connectivity index (χ1n) is 7.01. The third-order valence-corrected chi connectivity index (χ3v) is 3.05. The molecule has 0 aliphatic rings. The number of carbonyl (C=O) groups excluding carboxylic acids is 1. The summed E-state index contributed by atoms with van der Waals surface area (Å²) in [5.74, 6) is 0.231. The van der Waals surface area contributed by atoms with E-state index in [2.05, 4.69) is 4.74 Å². The molecule has 0 radical (unpaired) electrons. The van der Waals surface area contributed by atoms with E-state index in [4.69, 9.17) is 10.5 Å². The quantitative estimate of drug-likeness (QED) is 0.813. The molecule has 2 N–H and O–H groups in total. The van der Waals surface area contributed by atoms with E-state index in [1.165, 1.54) is 0 Å². The highest BCUT2D eigenvalue weighted by Gasteiger charge is 2.27. The third-order valence-electron chi connectivity index (χ3n) is 3.05. The predicted molar refractivity (Wildman–Crippen MR) is 88.7 cm³/mol. The van der Waals surface area contributed by atoms with Crippen LogP contribution >= 0.6 is 12.4 Å². The molecule has 0 bridgehead atoms. The summed E-state index contributed by atoms with van der Waals surface area (Å²) in [6, 6.07) is 14.8. The molecular formula is C17H19ClFNO3. The monoisotopic (exact) mass is 339 g/mol. The lowest BCUT2D eigenvalue weighted by molar-refractivity contribution is -0.149. The molecule has 0 aromatic heterocycles. The van der Waals surface area contributed by atoms with Gasteiger partial charge in [0.2, 0.25) is 6.17 Å². The van der Waals surface area contributed by atoms with Gasteiger partial charge in [0.05, 0.1) is 12.6 Å². The Balaban J connectivity index is 0.00000264. The Bertz CT molecular complexity index is 624. The van der Waals surface area contributed by atoms with E-state index in [0.717, 1.165) is 0 Å². The Morgan fingerprint density at radius 2 is 1.78 bits per heavy atom. The standard InChI is InChI=1S/C17H18FNO3.ClH/c1-2-21-17(20)15(18)16(19)12-7-6-10-14(11-12)22-13-8-4-3-5-9-13;/h3-11,15-16H,2,19H2,1H3;1H/t15?,16-;/m0./s1. The molecule has 2 atom stereocenters. The molecule has 0 saturated carbocycles. The molecular weight excluding hydrogens is 321 g/mol. The van der Waals surface area contributed by atoms with Gasteiger partial charge in [-0.1, -0.05) is 30.3 Å². The molecule has 0 heterocycles. The van der Waals surface area contributed by atoms with Gasteiger partial charge in [-0.15, -0.1) is 12.4 Å². The first-order valence-corrected chi connectivity index (χ1v) is 7.01. The topological polar surface area (TPSA) is 61.5 Å². The Morgan fingerprint density at radius 1 is 1.13 bits per heavy atom. The fourth-order valence-corrected chi connectivity index (χ4v) is 1.95. The molecule has 0 spiro atoms. The Kier molecular flexibility index (Phi) is 7.51. The van der Waals surface area contributed by atoms with Crippen LogP contribution in [0, 0.1) is 0 Å². The van der Waals surface area contributed by atoms with Gasteiger partial charge in [-0.2, -0.15) is 0 Å². The van der Waals surface area contributed by atoms with Crippen molar-refractivity contribution in [2.45, 2.75) is 19.1 Å². The van der Waals surface area contributed by atoms with Crippen LogP contribution in [0.2, 0.25) is 0 Å². The molecule has 23 heavy (non-hydrogen) atoms. The van der Waals surface area contributed by atoms with Gasteiger partial charge in [-0.25, -0.2) is 9.18 Å². The molecule has 2 aromatic carbocycles. The molecule has 0 aliphatic heterocycles. The lowest BCUT2D eigenvalue weighted by Gasteiger charge is -2.16. The van der Waals surface area contributed by atoms with Crippen LogP contribution < -0.4 is 10.5 Å². The van der Waals surface area contributed by atoms with Crippen molar-refractivity contribution in [2.24, 2.45) is 5.73 Å². The van der Waals surface area contributed by atoms with Crippen LogP contribution in [0.5, 0.6) is 11.5 Å². The number of ether oxygens (including phenoxy) is 2. The number of esters is 1. The first-order chi connectivity index (χ1) is 10.6. The predicted octanol–water partition coefficient (Wildman–Crippen LogP) is 3.80. The minimum atomic E-state index is -1.91. The van der Waals surface area contributed by atoms with E-state index in [9.17, 15) is 9.18 Å².